The Morgan fingerprint density at radius 2 is 1.84 bits per heavy atom. The molecule has 1 aliphatic rings. The SMILES string of the molecule is CC(C)(C)[Si](C)(C)OC1CCc2c(-c3cccc(Nc4nccc5cc(C=O)cnc45)c3Cl)cccc21. The lowest BCUT2D eigenvalue weighted by molar-refractivity contribution is 0.112. The molecule has 1 aliphatic carbocycles. The topological polar surface area (TPSA) is 64.1 Å². The van der Waals surface area contributed by atoms with Gasteiger partial charge < -0.3 is 9.74 Å². The van der Waals surface area contributed by atoms with Gasteiger partial charge in [0.2, 0.25) is 0 Å². The molecule has 7 heteroatoms. The van der Waals surface area contributed by atoms with E-state index in [1.807, 2.05) is 18.2 Å². The molecule has 0 aliphatic heterocycles. The van der Waals surface area contributed by atoms with Crippen molar-refractivity contribution in [2.24, 2.45) is 0 Å². The molecule has 2 heterocycles. The third-order valence-corrected chi connectivity index (χ3v) is 12.7. The second-order valence-corrected chi connectivity index (χ2v) is 16.3. The van der Waals surface area contributed by atoms with Crippen LogP contribution in [0.4, 0.5) is 11.5 Å². The van der Waals surface area contributed by atoms with Crippen LogP contribution in [0.2, 0.25) is 23.2 Å². The van der Waals surface area contributed by atoms with Gasteiger partial charge in [-0.05, 0) is 65.9 Å². The number of carbonyl (C=O) groups excluding carboxylic acids is 1. The van der Waals surface area contributed by atoms with Crippen LogP contribution in [0, 0.1) is 0 Å². The van der Waals surface area contributed by atoms with Crippen LogP contribution < -0.4 is 5.32 Å². The molecule has 0 saturated heterocycles. The fourth-order valence-electron chi connectivity index (χ4n) is 4.72. The van der Waals surface area contributed by atoms with Gasteiger partial charge in [0.05, 0.1) is 16.8 Å². The first-order valence-corrected chi connectivity index (χ1v) is 15.9. The molecule has 5 nitrogen and oxygen atoms in total. The van der Waals surface area contributed by atoms with Gasteiger partial charge in [0.25, 0.3) is 0 Å². The predicted octanol–water partition coefficient (Wildman–Crippen LogP) is 8.52. The second kappa shape index (κ2) is 9.67. The number of aldehydes is 1. The van der Waals surface area contributed by atoms with Gasteiger partial charge in [0, 0.05) is 28.9 Å². The van der Waals surface area contributed by atoms with E-state index in [1.54, 1.807) is 18.5 Å². The summed E-state index contributed by atoms with van der Waals surface area (Å²) in [5, 5.41) is 5.01. The number of nitrogens with zero attached hydrogens (tertiary/aromatic N) is 2. The van der Waals surface area contributed by atoms with Gasteiger partial charge in [-0.1, -0.05) is 62.7 Å². The molecule has 0 saturated carbocycles. The van der Waals surface area contributed by atoms with Crippen molar-refractivity contribution < 1.29 is 9.22 Å². The zero-order chi connectivity index (χ0) is 26.4. The van der Waals surface area contributed by atoms with Gasteiger partial charge in [-0.15, -0.1) is 0 Å². The molecule has 2 aromatic heterocycles. The highest BCUT2D eigenvalue weighted by Crippen LogP contribution is 2.47. The van der Waals surface area contributed by atoms with Crippen molar-refractivity contribution in [3.8, 4) is 11.1 Å². The number of halogens is 1. The summed E-state index contributed by atoms with van der Waals surface area (Å²) in [6, 6.07) is 16.1. The van der Waals surface area contributed by atoms with Crippen molar-refractivity contribution in [2.75, 3.05) is 5.32 Å². The Kier molecular flexibility index (Phi) is 6.69. The van der Waals surface area contributed by atoms with E-state index < -0.39 is 8.32 Å². The summed E-state index contributed by atoms with van der Waals surface area (Å²) in [6.45, 7) is 11.5. The van der Waals surface area contributed by atoms with E-state index in [0.717, 1.165) is 41.3 Å². The molecule has 5 rings (SSSR count). The van der Waals surface area contributed by atoms with Crippen LogP contribution >= 0.6 is 11.6 Å². The number of aromatic nitrogens is 2. The molecule has 190 valence electrons. The lowest BCUT2D eigenvalue weighted by Crippen LogP contribution is -2.41. The molecular formula is C30H32ClN3O2Si. The molecule has 0 spiro atoms. The Hall–Kier alpha value is -3.06. The van der Waals surface area contributed by atoms with Crippen molar-refractivity contribution in [3.63, 3.8) is 0 Å². The number of hydrogen-bond acceptors (Lipinski definition) is 5. The minimum Gasteiger partial charge on any atom is -0.410 e. The molecule has 0 radical (unpaired) electrons. The van der Waals surface area contributed by atoms with Crippen LogP contribution in [-0.4, -0.2) is 24.6 Å². The van der Waals surface area contributed by atoms with Gasteiger partial charge in [-0.2, -0.15) is 0 Å². The minimum absolute atomic E-state index is 0.123. The number of benzene rings is 2. The first kappa shape index (κ1) is 25.6. The van der Waals surface area contributed by atoms with E-state index in [4.69, 9.17) is 16.0 Å². The fourth-order valence-corrected chi connectivity index (χ4v) is 6.31. The number of rotatable bonds is 6. The van der Waals surface area contributed by atoms with E-state index >= 15 is 0 Å². The molecule has 0 amide bonds. The fraction of sp³-hybridized carbons (Fsp3) is 0.300. The van der Waals surface area contributed by atoms with E-state index in [0.29, 0.717) is 21.9 Å². The molecule has 1 unspecified atom stereocenters. The number of pyridine rings is 2. The van der Waals surface area contributed by atoms with Crippen molar-refractivity contribution >= 4 is 48.6 Å². The Balaban J connectivity index is 1.49. The smallest absolute Gasteiger partial charge is 0.192 e. The summed E-state index contributed by atoms with van der Waals surface area (Å²) < 4.78 is 6.83. The maximum Gasteiger partial charge on any atom is 0.192 e. The van der Waals surface area contributed by atoms with E-state index in [-0.39, 0.29) is 11.1 Å². The van der Waals surface area contributed by atoms with Crippen molar-refractivity contribution in [2.45, 2.75) is 57.8 Å². The summed E-state index contributed by atoms with van der Waals surface area (Å²) in [5.41, 5.74) is 6.68. The maximum absolute atomic E-state index is 11.2. The summed E-state index contributed by atoms with van der Waals surface area (Å²) >= 11 is 7.02. The van der Waals surface area contributed by atoms with Crippen LogP contribution in [-0.2, 0) is 10.8 Å². The molecule has 0 bridgehead atoms. The molecule has 1 N–H and O–H groups in total. The number of nitrogens with one attached hydrogen (secondary N) is 1. The van der Waals surface area contributed by atoms with Crippen molar-refractivity contribution in [1.82, 2.24) is 9.97 Å². The molecule has 4 aromatic rings. The summed E-state index contributed by atoms with van der Waals surface area (Å²) in [7, 11) is -1.90. The van der Waals surface area contributed by atoms with Crippen molar-refractivity contribution in [3.05, 3.63) is 82.6 Å². The number of fused-ring (bicyclic) bond motifs is 2. The first-order chi connectivity index (χ1) is 17.6. The molecule has 1 atom stereocenters. The average Bonchev–Trinajstić information content (AvgIpc) is 3.27. The van der Waals surface area contributed by atoms with Gasteiger partial charge in [-0.3, -0.25) is 9.78 Å². The summed E-state index contributed by atoms with van der Waals surface area (Å²) in [6.07, 6.45) is 6.12. The number of hydrogen-bond donors (Lipinski definition) is 1. The Morgan fingerprint density at radius 1 is 1.08 bits per heavy atom. The Morgan fingerprint density at radius 3 is 2.59 bits per heavy atom. The lowest BCUT2D eigenvalue weighted by Gasteiger charge is -2.38. The van der Waals surface area contributed by atoms with Gasteiger partial charge >= 0.3 is 0 Å². The molecule has 37 heavy (non-hydrogen) atoms. The van der Waals surface area contributed by atoms with E-state index in [9.17, 15) is 4.79 Å². The van der Waals surface area contributed by atoms with E-state index in [2.05, 4.69) is 73.4 Å². The van der Waals surface area contributed by atoms with Crippen LogP contribution in [0.25, 0.3) is 22.0 Å². The highest BCUT2D eigenvalue weighted by atomic mass is 35.5. The zero-order valence-corrected chi connectivity index (χ0v) is 23.7. The van der Waals surface area contributed by atoms with Crippen LogP contribution in [0.5, 0.6) is 0 Å². The quantitative estimate of drug-likeness (QED) is 0.200. The third kappa shape index (κ3) is 4.81. The number of anilines is 2. The molecular weight excluding hydrogens is 498 g/mol. The van der Waals surface area contributed by atoms with Gasteiger partial charge in [0.15, 0.2) is 20.4 Å². The molecule has 2 aromatic carbocycles. The van der Waals surface area contributed by atoms with E-state index in [1.165, 1.54) is 11.1 Å². The Labute approximate surface area is 224 Å². The molecule has 0 fully saturated rings. The minimum atomic E-state index is -1.90. The summed E-state index contributed by atoms with van der Waals surface area (Å²) in [4.78, 5) is 20.1. The standard InChI is InChI=1S/C30H32ClN3O2Si/c1-30(2,3)37(4,5)36-26-13-12-22-21(8-6-9-23(22)26)24-10-7-11-25(27(24)31)34-29-28-20(14-15-32-29)16-19(18-35)17-33-28/h6-11,14-18,26H,12-13H2,1-5H3,(H,32,34). The predicted molar refractivity (Wildman–Crippen MR) is 154 cm³/mol. The van der Waals surface area contributed by atoms with Crippen LogP contribution in [0.15, 0.2) is 60.9 Å². The van der Waals surface area contributed by atoms with Crippen LogP contribution in [0.1, 0.15) is 54.8 Å². The maximum atomic E-state index is 11.2. The first-order valence-electron chi connectivity index (χ1n) is 12.6. The lowest BCUT2D eigenvalue weighted by atomic mass is 9.96. The second-order valence-electron chi connectivity index (χ2n) is 11.2. The van der Waals surface area contributed by atoms with Gasteiger partial charge in [0.1, 0.15) is 5.52 Å². The Bertz CT molecular complexity index is 1500. The number of carbonyl (C=O) groups is 1. The van der Waals surface area contributed by atoms with Crippen molar-refractivity contribution in [1.29, 1.82) is 0 Å². The highest BCUT2D eigenvalue weighted by Gasteiger charge is 2.41. The average molecular weight is 530 g/mol. The van der Waals surface area contributed by atoms with Crippen LogP contribution in [0.3, 0.4) is 0 Å². The zero-order valence-electron chi connectivity index (χ0n) is 21.9. The summed E-state index contributed by atoms with van der Waals surface area (Å²) in [5.74, 6) is 0.593. The highest BCUT2D eigenvalue weighted by molar-refractivity contribution is 6.74. The van der Waals surface area contributed by atoms with Gasteiger partial charge in [-0.25, -0.2) is 4.98 Å². The third-order valence-electron chi connectivity index (χ3n) is 7.76. The largest absolute Gasteiger partial charge is 0.410 e. The monoisotopic (exact) mass is 529 g/mol. The normalized spacial score (nSPS) is 15.6.